The van der Waals surface area contributed by atoms with Crippen LogP contribution in [-0.2, 0) is 4.79 Å². The molecule has 1 aromatic rings. The maximum atomic E-state index is 12.1. The maximum absolute atomic E-state index is 12.1. The molecule has 0 aromatic carbocycles. The number of rotatable bonds is 2. The highest BCUT2D eigenvalue weighted by molar-refractivity contribution is 9.10. The summed E-state index contributed by atoms with van der Waals surface area (Å²) in [6, 6.07) is 3.36. The smallest absolute Gasteiger partial charge is 0.289 e. The molecule has 0 N–H and O–H groups in total. The number of piperidine rings is 1. The molecule has 2 amide bonds. The van der Waals surface area contributed by atoms with E-state index in [1.165, 1.54) is 0 Å². The number of carbonyl (C=O) groups excluding carboxylic acids is 2. The third-order valence-corrected chi connectivity index (χ3v) is 3.78. The van der Waals surface area contributed by atoms with Gasteiger partial charge in [0, 0.05) is 33.1 Å². The van der Waals surface area contributed by atoms with E-state index in [-0.39, 0.29) is 17.7 Å². The summed E-state index contributed by atoms with van der Waals surface area (Å²) < 4.78 is 5.81. The molecule has 0 radical (unpaired) electrons. The van der Waals surface area contributed by atoms with Gasteiger partial charge in [0.25, 0.3) is 5.91 Å². The fraction of sp³-hybridized carbons (Fsp3) is 0.538. The molecule has 0 spiro atoms. The van der Waals surface area contributed by atoms with Crippen LogP contribution in [0.4, 0.5) is 0 Å². The van der Waals surface area contributed by atoms with Gasteiger partial charge in [-0.05, 0) is 40.9 Å². The minimum absolute atomic E-state index is 0.0300. The molecule has 0 unspecified atom stereocenters. The van der Waals surface area contributed by atoms with Crippen LogP contribution in [0, 0.1) is 5.92 Å². The molecule has 1 fully saturated rings. The molecule has 0 saturated carbocycles. The zero-order valence-corrected chi connectivity index (χ0v) is 12.6. The van der Waals surface area contributed by atoms with Gasteiger partial charge in [0.1, 0.15) is 0 Å². The zero-order chi connectivity index (χ0) is 14.0. The molecule has 0 bridgehead atoms. The number of nitrogens with zero attached hydrogens (tertiary/aromatic N) is 2. The molecule has 2 heterocycles. The van der Waals surface area contributed by atoms with E-state index in [0.717, 1.165) is 0 Å². The Hall–Kier alpha value is -1.30. The van der Waals surface area contributed by atoms with Crippen LogP contribution in [0.1, 0.15) is 23.4 Å². The quantitative estimate of drug-likeness (QED) is 0.834. The molecule has 1 saturated heterocycles. The Morgan fingerprint density at radius 1 is 1.32 bits per heavy atom. The van der Waals surface area contributed by atoms with E-state index in [0.29, 0.717) is 36.4 Å². The molecule has 0 atom stereocenters. The lowest BCUT2D eigenvalue weighted by atomic mass is 9.95. The van der Waals surface area contributed by atoms with Gasteiger partial charge in [0.15, 0.2) is 10.4 Å². The van der Waals surface area contributed by atoms with Crippen LogP contribution in [0.25, 0.3) is 0 Å². The van der Waals surface area contributed by atoms with Gasteiger partial charge in [-0.2, -0.15) is 0 Å². The van der Waals surface area contributed by atoms with Crippen molar-refractivity contribution in [1.29, 1.82) is 0 Å². The van der Waals surface area contributed by atoms with Crippen molar-refractivity contribution in [1.82, 2.24) is 9.80 Å². The van der Waals surface area contributed by atoms with Crippen molar-refractivity contribution in [2.75, 3.05) is 27.2 Å². The molecular weight excluding hydrogens is 312 g/mol. The van der Waals surface area contributed by atoms with Gasteiger partial charge in [-0.1, -0.05) is 0 Å². The number of halogens is 1. The molecule has 104 valence electrons. The number of hydrogen-bond donors (Lipinski definition) is 0. The zero-order valence-electron chi connectivity index (χ0n) is 11.1. The fourth-order valence-corrected chi connectivity index (χ4v) is 2.59. The average Bonchev–Trinajstić information content (AvgIpc) is 2.84. The van der Waals surface area contributed by atoms with Crippen LogP contribution >= 0.6 is 15.9 Å². The highest BCUT2D eigenvalue weighted by atomic mass is 79.9. The van der Waals surface area contributed by atoms with Crippen molar-refractivity contribution in [2.24, 2.45) is 5.92 Å². The number of amides is 2. The normalized spacial score (nSPS) is 16.5. The van der Waals surface area contributed by atoms with E-state index in [1.54, 1.807) is 36.0 Å². The van der Waals surface area contributed by atoms with E-state index in [1.807, 2.05) is 0 Å². The molecule has 19 heavy (non-hydrogen) atoms. The first kappa shape index (κ1) is 14.1. The van der Waals surface area contributed by atoms with Crippen molar-refractivity contribution in [2.45, 2.75) is 12.8 Å². The minimum atomic E-state index is -0.110. The number of likely N-dealkylation sites (tertiary alicyclic amines) is 1. The van der Waals surface area contributed by atoms with Crippen LogP contribution < -0.4 is 0 Å². The number of furan rings is 1. The average molecular weight is 329 g/mol. The Bertz CT molecular complexity index is 476. The molecule has 1 aliphatic heterocycles. The third kappa shape index (κ3) is 3.18. The van der Waals surface area contributed by atoms with E-state index in [2.05, 4.69) is 15.9 Å². The SMILES string of the molecule is CN(C)C(=O)C1CCN(C(=O)c2ccc(Br)o2)CC1. The summed E-state index contributed by atoms with van der Waals surface area (Å²) in [6.07, 6.45) is 1.43. The van der Waals surface area contributed by atoms with Crippen molar-refractivity contribution >= 4 is 27.7 Å². The summed E-state index contributed by atoms with van der Waals surface area (Å²) in [5.74, 6) is 0.404. The van der Waals surface area contributed by atoms with E-state index < -0.39 is 0 Å². The molecule has 6 heteroatoms. The molecule has 2 rings (SSSR count). The van der Waals surface area contributed by atoms with Gasteiger partial charge in [0.2, 0.25) is 5.91 Å². The van der Waals surface area contributed by atoms with Gasteiger partial charge in [-0.15, -0.1) is 0 Å². The molecule has 5 nitrogen and oxygen atoms in total. The van der Waals surface area contributed by atoms with E-state index in [4.69, 9.17) is 4.42 Å². The number of hydrogen-bond acceptors (Lipinski definition) is 3. The summed E-state index contributed by atoms with van der Waals surface area (Å²) in [5.41, 5.74) is 0. The van der Waals surface area contributed by atoms with Crippen molar-refractivity contribution in [3.63, 3.8) is 0 Å². The Kier molecular flexibility index (Phi) is 4.29. The first-order valence-electron chi connectivity index (χ1n) is 6.25. The lowest BCUT2D eigenvalue weighted by Gasteiger charge is -2.31. The van der Waals surface area contributed by atoms with Crippen molar-refractivity contribution in [3.8, 4) is 0 Å². The lowest BCUT2D eigenvalue weighted by molar-refractivity contribution is -0.134. The van der Waals surface area contributed by atoms with Gasteiger partial charge in [0.05, 0.1) is 0 Å². The lowest BCUT2D eigenvalue weighted by Crippen LogP contribution is -2.42. The standard InChI is InChI=1S/C13H17BrN2O3/c1-15(2)12(17)9-5-7-16(8-6-9)13(18)10-3-4-11(14)19-10/h3-4,9H,5-8H2,1-2H3. The van der Waals surface area contributed by atoms with Gasteiger partial charge in [-0.25, -0.2) is 0 Å². The molecule has 1 aliphatic rings. The second kappa shape index (κ2) is 5.77. The Balaban J connectivity index is 1.93. The third-order valence-electron chi connectivity index (χ3n) is 3.36. The predicted octanol–water partition coefficient (Wildman–Crippen LogP) is 1.98. The maximum Gasteiger partial charge on any atom is 0.289 e. The topological polar surface area (TPSA) is 53.8 Å². The summed E-state index contributed by atoms with van der Waals surface area (Å²) in [6.45, 7) is 1.20. The van der Waals surface area contributed by atoms with Crippen LogP contribution in [0.5, 0.6) is 0 Å². The first-order valence-corrected chi connectivity index (χ1v) is 7.04. The predicted molar refractivity (Wildman–Crippen MR) is 73.7 cm³/mol. The van der Waals surface area contributed by atoms with E-state index in [9.17, 15) is 9.59 Å². The van der Waals surface area contributed by atoms with Crippen LogP contribution in [-0.4, -0.2) is 48.8 Å². The summed E-state index contributed by atoms with van der Waals surface area (Å²) >= 11 is 3.18. The monoisotopic (exact) mass is 328 g/mol. The van der Waals surface area contributed by atoms with Gasteiger partial charge < -0.3 is 14.2 Å². The second-order valence-corrected chi connectivity index (χ2v) is 5.68. The second-order valence-electron chi connectivity index (χ2n) is 4.90. The molecular formula is C13H17BrN2O3. The highest BCUT2D eigenvalue weighted by Crippen LogP contribution is 2.22. The first-order chi connectivity index (χ1) is 8.99. The Morgan fingerprint density at radius 3 is 2.42 bits per heavy atom. The summed E-state index contributed by atoms with van der Waals surface area (Å²) in [4.78, 5) is 27.3. The molecule has 1 aromatic heterocycles. The van der Waals surface area contributed by atoms with Crippen molar-refractivity contribution < 1.29 is 14.0 Å². The largest absolute Gasteiger partial charge is 0.444 e. The fourth-order valence-electron chi connectivity index (χ4n) is 2.28. The van der Waals surface area contributed by atoms with Crippen molar-refractivity contribution in [3.05, 3.63) is 22.6 Å². The van der Waals surface area contributed by atoms with Crippen LogP contribution in [0.2, 0.25) is 0 Å². The Labute approximate surface area is 120 Å². The highest BCUT2D eigenvalue weighted by Gasteiger charge is 2.29. The van der Waals surface area contributed by atoms with E-state index >= 15 is 0 Å². The summed E-state index contributed by atoms with van der Waals surface area (Å²) in [7, 11) is 3.53. The number of carbonyl (C=O) groups is 2. The van der Waals surface area contributed by atoms with Gasteiger partial charge in [-0.3, -0.25) is 9.59 Å². The summed E-state index contributed by atoms with van der Waals surface area (Å²) in [5, 5.41) is 0. The minimum Gasteiger partial charge on any atom is -0.444 e. The van der Waals surface area contributed by atoms with Crippen LogP contribution in [0.15, 0.2) is 21.2 Å². The molecule has 0 aliphatic carbocycles. The van der Waals surface area contributed by atoms with Crippen LogP contribution in [0.3, 0.4) is 0 Å². The Morgan fingerprint density at radius 2 is 1.95 bits per heavy atom. The van der Waals surface area contributed by atoms with Gasteiger partial charge >= 0.3 is 0 Å².